The summed E-state index contributed by atoms with van der Waals surface area (Å²) in [5, 5.41) is 2.68. The van der Waals surface area contributed by atoms with Crippen LogP contribution in [-0.4, -0.2) is 56.2 Å². The van der Waals surface area contributed by atoms with Gasteiger partial charge in [0.15, 0.2) is 6.61 Å². The molecular weight excluding hydrogens is 375 g/mol. The summed E-state index contributed by atoms with van der Waals surface area (Å²) in [5.41, 5.74) is 2.44. The second-order valence-electron chi connectivity index (χ2n) is 6.89. The summed E-state index contributed by atoms with van der Waals surface area (Å²) in [7, 11) is 0. The molecule has 1 aliphatic rings. The Labute approximate surface area is 169 Å². The van der Waals surface area contributed by atoms with Crippen molar-refractivity contribution in [3.05, 3.63) is 71.0 Å². The first-order valence-electron chi connectivity index (χ1n) is 9.67. The van der Waals surface area contributed by atoms with Gasteiger partial charge in [-0.1, -0.05) is 24.3 Å². The van der Waals surface area contributed by atoms with Crippen molar-refractivity contribution in [2.24, 2.45) is 0 Å². The third kappa shape index (κ3) is 6.96. The maximum atomic E-state index is 12.9. The summed E-state index contributed by atoms with van der Waals surface area (Å²) >= 11 is 0. The topological polar surface area (TPSA) is 67.9 Å². The van der Waals surface area contributed by atoms with Gasteiger partial charge < -0.3 is 14.8 Å². The van der Waals surface area contributed by atoms with Crippen molar-refractivity contribution in [2.45, 2.75) is 13.0 Å². The van der Waals surface area contributed by atoms with Gasteiger partial charge in [0.1, 0.15) is 5.82 Å². The molecule has 0 unspecified atom stereocenters. The Morgan fingerprint density at radius 3 is 2.34 bits per heavy atom. The zero-order chi connectivity index (χ0) is 20.5. The summed E-state index contributed by atoms with van der Waals surface area (Å²) < 4.78 is 23.3. The lowest BCUT2D eigenvalue weighted by Gasteiger charge is -2.26. The summed E-state index contributed by atoms with van der Waals surface area (Å²) in [6.45, 7) is 4.16. The summed E-state index contributed by atoms with van der Waals surface area (Å²) in [6, 6.07) is 13.3. The molecule has 0 atom stereocenters. The Morgan fingerprint density at radius 2 is 1.66 bits per heavy atom. The molecule has 0 bridgehead atoms. The molecule has 0 aliphatic carbocycles. The average Bonchev–Trinajstić information content (AvgIpc) is 2.75. The van der Waals surface area contributed by atoms with E-state index in [2.05, 4.69) is 10.2 Å². The predicted octanol–water partition coefficient (Wildman–Crippen LogP) is 2.17. The van der Waals surface area contributed by atoms with Crippen LogP contribution in [-0.2, 0) is 27.2 Å². The molecule has 0 spiro atoms. The molecule has 0 radical (unpaired) electrons. The third-order valence-electron chi connectivity index (χ3n) is 4.68. The standard InChI is InChI=1S/C22H25FN2O4/c23-20-7-3-17(4-8-20)9-10-24-21(26)16-29-22(27)19-5-1-18(2-6-19)15-25-11-13-28-14-12-25/h1-8H,9-16H2,(H,24,26). The fraction of sp³-hybridized carbons (Fsp3) is 0.364. The summed E-state index contributed by atoms with van der Waals surface area (Å²) in [5.74, 6) is -1.19. The van der Waals surface area contributed by atoms with Gasteiger partial charge in [-0.15, -0.1) is 0 Å². The molecule has 2 aromatic rings. The summed E-state index contributed by atoms with van der Waals surface area (Å²) in [6.07, 6.45) is 0.574. The van der Waals surface area contributed by atoms with Crippen molar-refractivity contribution >= 4 is 11.9 Å². The van der Waals surface area contributed by atoms with Crippen LogP contribution in [0.2, 0.25) is 0 Å². The van der Waals surface area contributed by atoms with Crippen molar-refractivity contribution in [3.8, 4) is 0 Å². The lowest BCUT2D eigenvalue weighted by atomic mass is 10.1. The fourth-order valence-electron chi connectivity index (χ4n) is 3.03. The molecule has 3 rings (SSSR count). The van der Waals surface area contributed by atoms with E-state index >= 15 is 0 Å². The molecule has 1 aliphatic heterocycles. The normalized spacial score (nSPS) is 14.4. The van der Waals surface area contributed by atoms with E-state index in [1.54, 1.807) is 24.3 Å². The molecule has 1 amide bonds. The number of benzene rings is 2. The molecule has 1 fully saturated rings. The van der Waals surface area contributed by atoms with Crippen LogP contribution in [0.5, 0.6) is 0 Å². The maximum Gasteiger partial charge on any atom is 0.338 e. The highest BCUT2D eigenvalue weighted by Crippen LogP contribution is 2.10. The van der Waals surface area contributed by atoms with Crippen molar-refractivity contribution < 1.29 is 23.5 Å². The molecule has 29 heavy (non-hydrogen) atoms. The highest BCUT2D eigenvalue weighted by molar-refractivity contribution is 5.91. The SMILES string of the molecule is O=C(COC(=O)c1ccc(CN2CCOCC2)cc1)NCCc1ccc(F)cc1. The Morgan fingerprint density at radius 1 is 1.00 bits per heavy atom. The molecule has 2 aromatic carbocycles. The number of carbonyl (C=O) groups excluding carboxylic acids is 2. The first-order valence-corrected chi connectivity index (χ1v) is 9.67. The number of esters is 1. The van der Waals surface area contributed by atoms with Gasteiger partial charge >= 0.3 is 5.97 Å². The third-order valence-corrected chi connectivity index (χ3v) is 4.68. The van der Waals surface area contributed by atoms with Crippen molar-refractivity contribution in [3.63, 3.8) is 0 Å². The van der Waals surface area contributed by atoms with E-state index in [1.165, 1.54) is 12.1 Å². The van der Waals surface area contributed by atoms with E-state index in [9.17, 15) is 14.0 Å². The molecule has 7 heteroatoms. The van der Waals surface area contributed by atoms with Gasteiger partial charge in [0.25, 0.3) is 5.91 Å². The number of nitrogens with one attached hydrogen (secondary N) is 1. The first-order chi connectivity index (χ1) is 14.1. The van der Waals surface area contributed by atoms with Gasteiger partial charge in [-0.05, 0) is 41.8 Å². The number of carbonyl (C=O) groups is 2. The van der Waals surface area contributed by atoms with Crippen LogP contribution in [0.3, 0.4) is 0 Å². The van der Waals surface area contributed by atoms with Crippen LogP contribution < -0.4 is 5.32 Å². The smallest absolute Gasteiger partial charge is 0.338 e. The van der Waals surface area contributed by atoms with E-state index in [0.717, 1.165) is 44.0 Å². The number of hydrogen-bond donors (Lipinski definition) is 1. The molecule has 0 aromatic heterocycles. The second kappa shape index (κ2) is 10.7. The second-order valence-corrected chi connectivity index (χ2v) is 6.89. The maximum absolute atomic E-state index is 12.9. The number of nitrogens with zero attached hydrogens (tertiary/aromatic N) is 1. The van der Waals surface area contributed by atoms with Crippen LogP contribution in [0, 0.1) is 5.82 Å². The van der Waals surface area contributed by atoms with Gasteiger partial charge in [0.05, 0.1) is 18.8 Å². The van der Waals surface area contributed by atoms with Crippen LogP contribution in [0.4, 0.5) is 4.39 Å². The van der Waals surface area contributed by atoms with Gasteiger partial charge in [0.2, 0.25) is 0 Å². The predicted molar refractivity (Wildman–Crippen MR) is 106 cm³/mol. The summed E-state index contributed by atoms with van der Waals surface area (Å²) in [4.78, 5) is 26.2. The highest BCUT2D eigenvalue weighted by Gasteiger charge is 2.13. The van der Waals surface area contributed by atoms with Crippen LogP contribution in [0.25, 0.3) is 0 Å². The minimum atomic E-state index is -0.531. The van der Waals surface area contributed by atoms with Gasteiger partial charge in [-0.3, -0.25) is 9.69 Å². The molecule has 6 nitrogen and oxygen atoms in total. The molecule has 1 saturated heterocycles. The van der Waals surface area contributed by atoms with Crippen molar-refractivity contribution in [2.75, 3.05) is 39.5 Å². The van der Waals surface area contributed by atoms with Gasteiger partial charge in [-0.2, -0.15) is 0 Å². The largest absolute Gasteiger partial charge is 0.452 e. The Hall–Kier alpha value is -2.77. The van der Waals surface area contributed by atoms with Crippen molar-refractivity contribution in [1.29, 1.82) is 0 Å². The fourth-order valence-corrected chi connectivity index (χ4v) is 3.03. The minimum Gasteiger partial charge on any atom is -0.452 e. The Kier molecular flexibility index (Phi) is 7.72. The van der Waals surface area contributed by atoms with Crippen LogP contribution >= 0.6 is 0 Å². The highest BCUT2D eigenvalue weighted by atomic mass is 19.1. The molecular formula is C22H25FN2O4. The number of ether oxygens (including phenoxy) is 2. The lowest BCUT2D eigenvalue weighted by Crippen LogP contribution is -2.35. The quantitative estimate of drug-likeness (QED) is 0.688. The first kappa shape index (κ1) is 21.0. The zero-order valence-electron chi connectivity index (χ0n) is 16.2. The number of amides is 1. The molecule has 0 saturated carbocycles. The van der Waals surface area contributed by atoms with E-state index in [1.807, 2.05) is 12.1 Å². The lowest BCUT2D eigenvalue weighted by molar-refractivity contribution is -0.124. The number of halogens is 1. The van der Waals surface area contributed by atoms with Gasteiger partial charge in [0, 0.05) is 26.2 Å². The number of morpholine rings is 1. The average molecular weight is 400 g/mol. The monoisotopic (exact) mass is 400 g/mol. The van der Waals surface area contributed by atoms with E-state index in [4.69, 9.17) is 9.47 Å². The van der Waals surface area contributed by atoms with E-state index in [-0.39, 0.29) is 18.3 Å². The minimum absolute atomic E-state index is 0.293. The van der Waals surface area contributed by atoms with Crippen LogP contribution in [0.1, 0.15) is 21.5 Å². The Balaban J connectivity index is 1.36. The molecule has 154 valence electrons. The molecule has 1 N–H and O–H groups in total. The van der Waals surface area contributed by atoms with Crippen molar-refractivity contribution in [1.82, 2.24) is 10.2 Å². The molecule has 1 heterocycles. The number of hydrogen-bond acceptors (Lipinski definition) is 5. The van der Waals surface area contributed by atoms with Crippen LogP contribution in [0.15, 0.2) is 48.5 Å². The zero-order valence-corrected chi connectivity index (χ0v) is 16.2. The van der Waals surface area contributed by atoms with E-state index in [0.29, 0.717) is 18.5 Å². The van der Waals surface area contributed by atoms with Gasteiger partial charge in [-0.25, -0.2) is 9.18 Å². The van der Waals surface area contributed by atoms with E-state index < -0.39 is 5.97 Å². The Bertz CT molecular complexity index is 803. The number of rotatable bonds is 8.